The summed E-state index contributed by atoms with van der Waals surface area (Å²) in [5.74, 6) is 4.14. The molecule has 0 amide bonds. The van der Waals surface area contributed by atoms with Crippen LogP contribution in [-0.2, 0) is 17.0 Å². The van der Waals surface area contributed by atoms with Gasteiger partial charge in [0.15, 0.2) is 0 Å². The van der Waals surface area contributed by atoms with Crippen molar-refractivity contribution in [3.8, 4) is 0 Å². The smallest absolute Gasteiger partial charge is 0.117 e. The summed E-state index contributed by atoms with van der Waals surface area (Å²) in [6.45, 7) is 1.64. The van der Waals surface area contributed by atoms with Crippen LogP contribution in [0.25, 0.3) is 0 Å². The highest BCUT2D eigenvalue weighted by atomic mass is 32.2. The second kappa shape index (κ2) is 7.79. The zero-order valence-corrected chi connectivity index (χ0v) is 10.2. The van der Waals surface area contributed by atoms with Crippen LogP contribution in [0.15, 0.2) is 16.5 Å². The molecule has 1 N–H and O–H groups in total. The van der Waals surface area contributed by atoms with Crippen molar-refractivity contribution in [2.75, 3.05) is 26.5 Å². The predicted molar refractivity (Wildman–Crippen MR) is 64.1 cm³/mol. The molecule has 4 heteroatoms. The van der Waals surface area contributed by atoms with E-state index in [0.29, 0.717) is 0 Å². The van der Waals surface area contributed by atoms with E-state index in [2.05, 4.69) is 11.4 Å². The number of nitrogens with one attached hydrogen (secondary N) is 1. The van der Waals surface area contributed by atoms with E-state index in [-0.39, 0.29) is 0 Å². The number of rotatable bonds is 8. The largest absolute Gasteiger partial charge is 0.464 e. The fourth-order valence-electron chi connectivity index (χ4n) is 1.25. The molecule has 1 aromatic heterocycles. The second-order valence-electron chi connectivity index (χ2n) is 3.30. The zero-order valence-electron chi connectivity index (χ0n) is 9.41. The van der Waals surface area contributed by atoms with Gasteiger partial charge in [-0.2, -0.15) is 11.8 Å². The quantitative estimate of drug-likeness (QED) is 0.693. The molecule has 0 saturated carbocycles. The summed E-state index contributed by atoms with van der Waals surface area (Å²) in [6, 6.07) is 4.08. The molecule has 1 aromatic rings. The maximum absolute atomic E-state index is 5.62. The van der Waals surface area contributed by atoms with Crippen molar-refractivity contribution in [1.29, 1.82) is 0 Å². The van der Waals surface area contributed by atoms with Crippen LogP contribution in [0.2, 0.25) is 0 Å². The lowest BCUT2D eigenvalue weighted by molar-refractivity contribution is 0.200. The summed E-state index contributed by atoms with van der Waals surface area (Å²) in [7, 11) is 3.66. The van der Waals surface area contributed by atoms with Gasteiger partial charge in [0.2, 0.25) is 0 Å². The Morgan fingerprint density at radius 3 is 2.93 bits per heavy atom. The van der Waals surface area contributed by atoms with Gasteiger partial charge in [0.1, 0.15) is 11.5 Å². The average molecular weight is 229 g/mol. The zero-order chi connectivity index (χ0) is 10.9. The standard InChI is InChI=1S/C11H19NO2S/c1-12-8-10-4-5-11(14-10)9-15-7-3-6-13-2/h4-5,12H,3,6-9H2,1-2H3. The average Bonchev–Trinajstić information content (AvgIpc) is 2.66. The van der Waals surface area contributed by atoms with E-state index in [1.54, 1.807) is 7.11 Å². The molecule has 1 heterocycles. The van der Waals surface area contributed by atoms with Crippen LogP contribution in [0.5, 0.6) is 0 Å². The van der Waals surface area contributed by atoms with Crippen LogP contribution in [0, 0.1) is 0 Å². The Labute approximate surface area is 95.6 Å². The van der Waals surface area contributed by atoms with Gasteiger partial charge in [-0.25, -0.2) is 0 Å². The minimum Gasteiger partial charge on any atom is -0.464 e. The Kier molecular flexibility index (Phi) is 6.55. The minimum absolute atomic E-state index is 0.800. The minimum atomic E-state index is 0.800. The van der Waals surface area contributed by atoms with Crippen molar-refractivity contribution in [3.05, 3.63) is 23.7 Å². The number of hydrogen-bond donors (Lipinski definition) is 1. The molecular formula is C11H19NO2S. The van der Waals surface area contributed by atoms with Crippen LogP contribution < -0.4 is 5.32 Å². The molecule has 0 unspecified atom stereocenters. The molecule has 0 atom stereocenters. The van der Waals surface area contributed by atoms with Crippen LogP contribution in [0.4, 0.5) is 0 Å². The van der Waals surface area contributed by atoms with E-state index in [4.69, 9.17) is 9.15 Å². The Morgan fingerprint density at radius 1 is 1.40 bits per heavy atom. The molecule has 0 radical (unpaired) electrons. The van der Waals surface area contributed by atoms with Crippen molar-refractivity contribution in [2.24, 2.45) is 0 Å². The molecule has 0 spiro atoms. The molecule has 0 aliphatic carbocycles. The highest BCUT2D eigenvalue weighted by molar-refractivity contribution is 7.98. The van der Waals surface area contributed by atoms with Crippen molar-refractivity contribution in [2.45, 2.75) is 18.7 Å². The van der Waals surface area contributed by atoms with Crippen molar-refractivity contribution >= 4 is 11.8 Å². The lowest BCUT2D eigenvalue weighted by atomic mass is 10.4. The van der Waals surface area contributed by atoms with E-state index in [9.17, 15) is 0 Å². The van der Waals surface area contributed by atoms with Crippen LogP contribution in [0.3, 0.4) is 0 Å². The molecule has 0 bridgehead atoms. The number of furan rings is 1. The van der Waals surface area contributed by atoms with Gasteiger partial charge in [-0.05, 0) is 31.4 Å². The third-order valence-corrected chi connectivity index (χ3v) is 3.02. The monoisotopic (exact) mass is 229 g/mol. The number of methoxy groups -OCH3 is 1. The molecular weight excluding hydrogens is 210 g/mol. The molecule has 3 nitrogen and oxygen atoms in total. The number of hydrogen-bond acceptors (Lipinski definition) is 4. The molecule has 0 saturated heterocycles. The summed E-state index contributed by atoms with van der Waals surface area (Å²) >= 11 is 1.88. The summed E-state index contributed by atoms with van der Waals surface area (Å²) in [6.07, 6.45) is 1.10. The van der Waals surface area contributed by atoms with E-state index < -0.39 is 0 Å². The predicted octanol–water partition coefficient (Wildman–Crippen LogP) is 2.27. The highest BCUT2D eigenvalue weighted by Gasteiger charge is 2.00. The molecule has 0 aliphatic heterocycles. The SMILES string of the molecule is CNCc1ccc(CSCCCOC)o1. The van der Waals surface area contributed by atoms with Crippen LogP contribution in [-0.4, -0.2) is 26.5 Å². The summed E-state index contributed by atoms with van der Waals surface area (Å²) in [5.41, 5.74) is 0. The van der Waals surface area contributed by atoms with Gasteiger partial charge in [0, 0.05) is 13.7 Å². The normalized spacial score (nSPS) is 10.8. The van der Waals surface area contributed by atoms with E-state index in [1.807, 2.05) is 24.9 Å². The van der Waals surface area contributed by atoms with Gasteiger partial charge in [-0.3, -0.25) is 0 Å². The second-order valence-corrected chi connectivity index (χ2v) is 4.40. The Morgan fingerprint density at radius 2 is 2.20 bits per heavy atom. The van der Waals surface area contributed by atoms with Gasteiger partial charge in [0.25, 0.3) is 0 Å². The molecule has 86 valence electrons. The van der Waals surface area contributed by atoms with Gasteiger partial charge in [0.05, 0.1) is 12.3 Å². The van der Waals surface area contributed by atoms with Crippen molar-refractivity contribution < 1.29 is 9.15 Å². The van der Waals surface area contributed by atoms with Gasteiger partial charge >= 0.3 is 0 Å². The lowest BCUT2D eigenvalue weighted by Gasteiger charge is -1.99. The molecule has 1 rings (SSSR count). The third-order valence-electron chi connectivity index (χ3n) is 1.95. The summed E-state index contributed by atoms with van der Waals surface area (Å²) in [5, 5.41) is 3.06. The third kappa shape index (κ3) is 5.25. The van der Waals surface area contributed by atoms with Gasteiger partial charge in [-0.1, -0.05) is 0 Å². The maximum atomic E-state index is 5.62. The Balaban J connectivity index is 2.14. The Hall–Kier alpha value is -0.450. The van der Waals surface area contributed by atoms with Gasteiger partial charge < -0.3 is 14.5 Å². The summed E-state index contributed by atoms with van der Waals surface area (Å²) < 4.78 is 10.6. The fraction of sp³-hybridized carbons (Fsp3) is 0.636. The fourth-order valence-corrected chi connectivity index (χ4v) is 2.07. The lowest BCUT2D eigenvalue weighted by Crippen LogP contribution is -2.03. The first-order valence-electron chi connectivity index (χ1n) is 5.15. The van der Waals surface area contributed by atoms with Crippen molar-refractivity contribution in [3.63, 3.8) is 0 Å². The molecule has 15 heavy (non-hydrogen) atoms. The number of ether oxygens (including phenoxy) is 1. The van der Waals surface area contributed by atoms with Crippen LogP contribution >= 0.6 is 11.8 Å². The number of thioether (sulfide) groups is 1. The topological polar surface area (TPSA) is 34.4 Å². The van der Waals surface area contributed by atoms with E-state index in [0.717, 1.165) is 42.6 Å². The van der Waals surface area contributed by atoms with E-state index >= 15 is 0 Å². The maximum Gasteiger partial charge on any atom is 0.117 e. The van der Waals surface area contributed by atoms with Crippen molar-refractivity contribution in [1.82, 2.24) is 5.32 Å². The Bertz CT molecular complexity index is 263. The van der Waals surface area contributed by atoms with Crippen LogP contribution in [0.1, 0.15) is 17.9 Å². The van der Waals surface area contributed by atoms with Gasteiger partial charge in [-0.15, -0.1) is 0 Å². The van der Waals surface area contributed by atoms with E-state index in [1.165, 1.54) is 0 Å². The first-order chi connectivity index (χ1) is 7.36. The molecule has 0 fully saturated rings. The molecule has 0 aliphatic rings. The summed E-state index contributed by atoms with van der Waals surface area (Å²) in [4.78, 5) is 0. The highest BCUT2D eigenvalue weighted by Crippen LogP contribution is 2.15. The molecule has 0 aromatic carbocycles. The first-order valence-corrected chi connectivity index (χ1v) is 6.31. The first kappa shape index (κ1) is 12.6.